The molecule has 0 radical (unpaired) electrons. The number of rotatable bonds is 8. The second kappa shape index (κ2) is 9.23. The van der Waals surface area contributed by atoms with E-state index in [-0.39, 0.29) is 5.97 Å². The summed E-state index contributed by atoms with van der Waals surface area (Å²) in [5.74, 6) is -0.118. The largest absolute Gasteiger partial charge is 0.466 e. The molecule has 0 saturated heterocycles. The number of unbranched alkanes of at least 4 members (excludes halogenated alkanes) is 3. The third kappa shape index (κ3) is 9.05. The monoisotopic (exact) mass is 186 g/mol. The van der Waals surface area contributed by atoms with Crippen LogP contribution >= 0.6 is 0 Å². The highest BCUT2D eigenvalue weighted by Gasteiger charge is 2.00. The summed E-state index contributed by atoms with van der Waals surface area (Å²) in [4.78, 5) is 20.9. The molecule has 0 aromatic rings. The Balaban J connectivity index is 3.12. The quantitative estimate of drug-likeness (QED) is 0.331. The molecular formula is C10H18O3. The molecule has 0 rings (SSSR count). The fourth-order valence-electron chi connectivity index (χ4n) is 0.962. The molecule has 0 saturated carbocycles. The van der Waals surface area contributed by atoms with Crippen molar-refractivity contribution in [2.45, 2.75) is 45.4 Å². The lowest BCUT2D eigenvalue weighted by atomic mass is 10.1. The Hall–Kier alpha value is -0.860. The van der Waals surface area contributed by atoms with Crippen molar-refractivity contribution in [1.29, 1.82) is 0 Å². The molecule has 0 amide bonds. The lowest BCUT2D eigenvalue weighted by Crippen LogP contribution is -2.04. The maximum Gasteiger partial charge on any atom is 0.305 e. The molecule has 0 unspecified atom stereocenters. The van der Waals surface area contributed by atoms with E-state index in [2.05, 4.69) is 0 Å². The van der Waals surface area contributed by atoms with Gasteiger partial charge in [-0.15, -0.1) is 0 Å². The first-order chi connectivity index (χ1) is 6.31. The van der Waals surface area contributed by atoms with Crippen molar-refractivity contribution in [3.63, 3.8) is 0 Å². The van der Waals surface area contributed by atoms with E-state index in [0.29, 0.717) is 19.4 Å². The van der Waals surface area contributed by atoms with Gasteiger partial charge < -0.3 is 9.53 Å². The Labute approximate surface area is 79.5 Å². The van der Waals surface area contributed by atoms with E-state index in [1.54, 1.807) is 0 Å². The molecule has 0 aliphatic heterocycles. The van der Waals surface area contributed by atoms with Crippen molar-refractivity contribution < 1.29 is 14.3 Å². The molecule has 0 N–H and O–H groups in total. The van der Waals surface area contributed by atoms with Gasteiger partial charge in [-0.25, -0.2) is 0 Å². The molecule has 76 valence electrons. The van der Waals surface area contributed by atoms with Gasteiger partial charge in [0.1, 0.15) is 6.29 Å². The molecule has 0 atom stereocenters. The van der Waals surface area contributed by atoms with Crippen LogP contribution in [0, 0.1) is 0 Å². The Bertz CT molecular complexity index is 143. The van der Waals surface area contributed by atoms with Crippen LogP contribution in [0.1, 0.15) is 45.4 Å². The standard InChI is InChI=1S/C10H18O3/c1-2-9-13-10(12)7-5-3-4-6-8-11/h8H,2-7,9H2,1H3. The summed E-state index contributed by atoms with van der Waals surface area (Å²) in [6.07, 6.45) is 5.51. The predicted molar refractivity (Wildman–Crippen MR) is 50.4 cm³/mol. The molecule has 0 heterocycles. The SMILES string of the molecule is CCCOC(=O)CCCCCC=O. The normalized spacial score (nSPS) is 9.62. The molecule has 3 heteroatoms. The Kier molecular flexibility index (Phi) is 8.62. The highest BCUT2D eigenvalue weighted by molar-refractivity contribution is 5.69. The van der Waals surface area contributed by atoms with Crippen LogP contribution in [-0.4, -0.2) is 18.9 Å². The minimum atomic E-state index is -0.118. The third-order valence-electron chi connectivity index (χ3n) is 1.67. The number of ether oxygens (including phenoxy) is 1. The van der Waals surface area contributed by atoms with E-state index in [1.807, 2.05) is 6.92 Å². The van der Waals surface area contributed by atoms with Crippen molar-refractivity contribution in [1.82, 2.24) is 0 Å². The Morgan fingerprint density at radius 3 is 2.69 bits per heavy atom. The summed E-state index contributed by atoms with van der Waals surface area (Å²) in [6.45, 7) is 2.49. The fourth-order valence-corrected chi connectivity index (χ4v) is 0.962. The van der Waals surface area contributed by atoms with Gasteiger partial charge in [-0.3, -0.25) is 4.79 Å². The summed E-state index contributed by atoms with van der Waals surface area (Å²) in [5, 5.41) is 0. The minimum Gasteiger partial charge on any atom is -0.466 e. The summed E-state index contributed by atoms with van der Waals surface area (Å²) in [6, 6.07) is 0. The van der Waals surface area contributed by atoms with E-state index in [0.717, 1.165) is 32.0 Å². The summed E-state index contributed by atoms with van der Waals surface area (Å²) in [5.41, 5.74) is 0. The first-order valence-corrected chi connectivity index (χ1v) is 4.90. The van der Waals surface area contributed by atoms with Gasteiger partial charge in [-0.2, -0.15) is 0 Å². The van der Waals surface area contributed by atoms with Crippen LogP contribution in [0.25, 0.3) is 0 Å². The van der Waals surface area contributed by atoms with Crippen molar-refractivity contribution in [2.24, 2.45) is 0 Å². The molecule has 0 fully saturated rings. The van der Waals surface area contributed by atoms with E-state index < -0.39 is 0 Å². The molecule has 0 aliphatic carbocycles. The van der Waals surface area contributed by atoms with Crippen LogP contribution in [0.2, 0.25) is 0 Å². The topological polar surface area (TPSA) is 43.4 Å². The van der Waals surface area contributed by atoms with Crippen molar-refractivity contribution in [2.75, 3.05) is 6.61 Å². The van der Waals surface area contributed by atoms with Crippen LogP contribution in [-0.2, 0) is 14.3 Å². The molecule has 0 bridgehead atoms. The zero-order valence-electron chi connectivity index (χ0n) is 8.25. The van der Waals surface area contributed by atoms with E-state index in [9.17, 15) is 9.59 Å². The average molecular weight is 186 g/mol. The number of aldehydes is 1. The van der Waals surface area contributed by atoms with Gasteiger partial charge in [0.05, 0.1) is 6.61 Å². The third-order valence-corrected chi connectivity index (χ3v) is 1.67. The zero-order chi connectivity index (χ0) is 9.94. The van der Waals surface area contributed by atoms with E-state index in [1.165, 1.54) is 0 Å². The van der Waals surface area contributed by atoms with Crippen LogP contribution in [0.4, 0.5) is 0 Å². The zero-order valence-corrected chi connectivity index (χ0v) is 8.25. The number of hydrogen-bond donors (Lipinski definition) is 0. The van der Waals surface area contributed by atoms with E-state index >= 15 is 0 Å². The van der Waals surface area contributed by atoms with E-state index in [4.69, 9.17) is 4.74 Å². The smallest absolute Gasteiger partial charge is 0.305 e. The van der Waals surface area contributed by atoms with Crippen LogP contribution < -0.4 is 0 Å². The number of hydrogen-bond acceptors (Lipinski definition) is 3. The van der Waals surface area contributed by atoms with Gasteiger partial charge in [0.15, 0.2) is 0 Å². The average Bonchev–Trinajstić information content (AvgIpc) is 2.14. The highest BCUT2D eigenvalue weighted by atomic mass is 16.5. The molecule has 0 aromatic carbocycles. The lowest BCUT2D eigenvalue weighted by molar-refractivity contribution is -0.143. The number of carbonyl (C=O) groups is 2. The van der Waals surface area contributed by atoms with Crippen molar-refractivity contribution in [3.8, 4) is 0 Å². The molecule has 0 aliphatic rings. The molecule has 13 heavy (non-hydrogen) atoms. The first kappa shape index (κ1) is 12.1. The maximum atomic E-state index is 10.9. The van der Waals surface area contributed by atoms with Crippen molar-refractivity contribution >= 4 is 12.3 Å². The van der Waals surface area contributed by atoms with Gasteiger partial charge in [-0.05, 0) is 19.3 Å². The predicted octanol–water partition coefficient (Wildman–Crippen LogP) is 2.09. The summed E-state index contributed by atoms with van der Waals surface area (Å²) < 4.78 is 4.89. The molecule has 0 spiro atoms. The highest BCUT2D eigenvalue weighted by Crippen LogP contribution is 2.02. The van der Waals surface area contributed by atoms with Crippen LogP contribution in [0.3, 0.4) is 0 Å². The molecule has 0 aromatic heterocycles. The lowest BCUT2D eigenvalue weighted by Gasteiger charge is -2.01. The fraction of sp³-hybridized carbons (Fsp3) is 0.800. The molecular weight excluding hydrogens is 168 g/mol. The summed E-state index contributed by atoms with van der Waals surface area (Å²) in [7, 11) is 0. The van der Waals surface area contributed by atoms with Crippen LogP contribution in [0.15, 0.2) is 0 Å². The Morgan fingerprint density at radius 2 is 2.08 bits per heavy atom. The van der Waals surface area contributed by atoms with Gasteiger partial charge in [0.25, 0.3) is 0 Å². The van der Waals surface area contributed by atoms with Gasteiger partial charge in [-0.1, -0.05) is 13.3 Å². The number of carbonyl (C=O) groups excluding carboxylic acids is 2. The second-order valence-electron chi connectivity index (χ2n) is 2.99. The van der Waals surface area contributed by atoms with Gasteiger partial charge in [0, 0.05) is 12.8 Å². The maximum absolute atomic E-state index is 10.9. The molecule has 3 nitrogen and oxygen atoms in total. The summed E-state index contributed by atoms with van der Waals surface area (Å²) >= 11 is 0. The van der Waals surface area contributed by atoms with Crippen molar-refractivity contribution in [3.05, 3.63) is 0 Å². The van der Waals surface area contributed by atoms with Gasteiger partial charge in [0.2, 0.25) is 0 Å². The van der Waals surface area contributed by atoms with Crippen LogP contribution in [0.5, 0.6) is 0 Å². The first-order valence-electron chi connectivity index (χ1n) is 4.90. The number of esters is 1. The minimum absolute atomic E-state index is 0.118. The second-order valence-corrected chi connectivity index (χ2v) is 2.99. The van der Waals surface area contributed by atoms with Gasteiger partial charge >= 0.3 is 5.97 Å². The Morgan fingerprint density at radius 1 is 1.31 bits per heavy atom.